The molecule has 0 radical (unpaired) electrons. The number of para-hydroxylation sites is 2. The van der Waals surface area contributed by atoms with Gasteiger partial charge in [-0.05, 0) is 37.1 Å². The van der Waals surface area contributed by atoms with Crippen LogP contribution in [-0.2, 0) is 4.79 Å². The molecule has 6 nitrogen and oxygen atoms in total. The molecule has 2 aromatic carbocycles. The Morgan fingerprint density at radius 2 is 2.00 bits per heavy atom. The molecule has 27 heavy (non-hydrogen) atoms. The lowest BCUT2D eigenvalue weighted by molar-refractivity contribution is -0.117. The SMILES string of the molecule is COc1cccc(NC(=O)CN2CCC(n3cnc4ccccc43)CC2)c1. The van der Waals surface area contributed by atoms with E-state index < -0.39 is 0 Å². The molecule has 6 heteroatoms. The number of rotatable bonds is 5. The average molecular weight is 364 g/mol. The minimum atomic E-state index is 0.00906. The van der Waals surface area contributed by atoms with Gasteiger partial charge in [-0.1, -0.05) is 18.2 Å². The van der Waals surface area contributed by atoms with Gasteiger partial charge in [-0.15, -0.1) is 0 Å². The van der Waals surface area contributed by atoms with E-state index in [1.54, 1.807) is 7.11 Å². The Morgan fingerprint density at radius 3 is 2.81 bits per heavy atom. The van der Waals surface area contributed by atoms with Crippen LogP contribution in [0, 0.1) is 0 Å². The fourth-order valence-electron chi connectivity index (χ4n) is 3.73. The van der Waals surface area contributed by atoms with Gasteiger partial charge in [0.05, 0.1) is 31.0 Å². The van der Waals surface area contributed by atoms with Gasteiger partial charge in [0.15, 0.2) is 0 Å². The number of hydrogen-bond donors (Lipinski definition) is 1. The van der Waals surface area contributed by atoms with Crippen molar-refractivity contribution in [2.24, 2.45) is 0 Å². The van der Waals surface area contributed by atoms with Crippen LogP contribution in [0.4, 0.5) is 5.69 Å². The summed E-state index contributed by atoms with van der Waals surface area (Å²) >= 11 is 0. The summed E-state index contributed by atoms with van der Waals surface area (Å²) in [5, 5.41) is 2.95. The molecule has 0 aliphatic carbocycles. The average Bonchev–Trinajstić information content (AvgIpc) is 3.13. The van der Waals surface area contributed by atoms with E-state index >= 15 is 0 Å². The van der Waals surface area contributed by atoms with Crippen LogP contribution in [0.5, 0.6) is 5.75 Å². The van der Waals surface area contributed by atoms with Gasteiger partial charge in [0, 0.05) is 30.9 Å². The summed E-state index contributed by atoms with van der Waals surface area (Å²) in [6, 6.07) is 16.1. The van der Waals surface area contributed by atoms with E-state index in [4.69, 9.17) is 4.74 Å². The summed E-state index contributed by atoms with van der Waals surface area (Å²) in [7, 11) is 1.62. The van der Waals surface area contributed by atoms with Gasteiger partial charge in [0.1, 0.15) is 5.75 Å². The third-order valence-corrected chi connectivity index (χ3v) is 5.15. The van der Waals surface area contributed by atoms with E-state index in [2.05, 4.69) is 31.9 Å². The number of nitrogens with zero attached hydrogens (tertiary/aromatic N) is 3. The number of nitrogens with one attached hydrogen (secondary N) is 1. The second kappa shape index (κ2) is 7.80. The predicted octanol–water partition coefficient (Wildman–Crippen LogP) is 3.32. The molecule has 2 heterocycles. The monoisotopic (exact) mass is 364 g/mol. The van der Waals surface area contributed by atoms with Gasteiger partial charge >= 0.3 is 0 Å². The number of carbonyl (C=O) groups excluding carboxylic acids is 1. The number of anilines is 1. The number of aromatic nitrogens is 2. The summed E-state index contributed by atoms with van der Waals surface area (Å²) < 4.78 is 7.48. The summed E-state index contributed by atoms with van der Waals surface area (Å²) in [5.74, 6) is 0.746. The van der Waals surface area contributed by atoms with Gasteiger partial charge in [0.25, 0.3) is 0 Å². The molecule has 0 saturated carbocycles. The van der Waals surface area contributed by atoms with Crippen molar-refractivity contribution in [2.45, 2.75) is 18.9 Å². The van der Waals surface area contributed by atoms with Crippen molar-refractivity contribution in [1.29, 1.82) is 0 Å². The van der Waals surface area contributed by atoms with Crippen LogP contribution in [0.2, 0.25) is 0 Å². The first-order chi connectivity index (χ1) is 13.2. The zero-order valence-electron chi connectivity index (χ0n) is 15.5. The first-order valence-electron chi connectivity index (χ1n) is 9.31. The van der Waals surface area contributed by atoms with Gasteiger partial charge < -0.3 is 14.6 Å². The maximum absolute atomic E-state index is 12.4. The van der Waals surface area contributed by atoms with Gasteiger partial charge in [-0.3, -0.25) is 9.69 Å². The Labute approximate surface area is 158 Å². The van der Waals surface area contributed by atoms with E-state index in [1.165, 1.54) is 5.52 Å². The topological polar surface area (TPSA) is 59.4 Å². The molecule has 1 aromatic heterocycles. The van der Waals surface area contributed by atoms with E-state index in [0.717, 1.165) is 42.9 Å². The Kier molecular flexibility index (Phi) is 5.07. The maximum Gasteiger partial charge on any atom is 0.238 e. The molecule has 1 N–H and O–H groups in total. The molecule has 4 rings (SSSR count). The molecular weight excluding hydrogens is 340 g/mol. The van der Waals surface area contributed by atoms with E-state index in [-0.39, 0.29) is 5.91 Å². The van der Waals surface area contributed by atoms with Crippen molar-refractivity contribution < 1.29 is 9.53 Å². The van der Waals surface area contributed by atoms with Crippen LogP contribution in [0.15, 0.2) is 54.9 Å². The van der Waals surface area contributed by atoms with Crippen molar-refractivity contribution in [2.75, 3.05) is 32.1 Å². The lowest BCUT2D eigenvalue weighted by Crippen LogP contribution is -2.39. The minimum absolute atomic E-state index is 0.00906. The van der Waals surface area contributed by atoms with Crippen LogP contribution in [0.25, 0.3) is 11.0 Å². The van der Waals surface area contributed by atoms with E-state index in [0.29, 0.717) is 12.6 Å². The Balaban J connectivity index is 1.32. The molecule has 1 fully saturated rings. The molecule has 0 atom stereocenters. The Morgan fingerprint density at radius 1 is 1.19 bits per heavy atom. The zero-order chi connectivity index (χ0) is 18.6. The number of benzene rings is 2. The van der Waals surface area contributed by atoms with Crippen molar-refractivity contribution >= 4 is 22.6 Å². The van der Waals surface area contributed by atoms with Crippen LogP contribution < -0.4 is 10.1 Å². The van der Waals surface area contributed by atoms with Gasteiger partial charge in [0.2, 0.25) is 5.91 Å². The molecule has 1 saturated heterocycles. The number of methoxy groups -OCH3 is 1. The zero-order valence-corrected chi connectivity index (χ0v) is 15.5. The minimum Gasteiger partial charge on any atom is -0.497 e. The molecule has 1 aliphatic heterocycles. The fraction of sp³-hybridized carbons (Fsp3) is 0.333. The summed E-state index contributed by atoms with van der Waals surface area (Å²) in [6.45, 7) is 2.22. The van der Waals surface area contributed by atoms with Crippen LogP contribution >= 0.6 is 0 Å². The van der Waals surface area contributed by atoms with E-state index in [9.17, 15) is 4.79 Å². The van der Waals surface area contributed by atoms with Crippen molar-refractivity contribution in [3.05, 3.63) is 54.9 Å². The molecule has 0 bridgehead atoms. The highest BCUT2D eigenvalue weighted by Gasteiger charge is 2.23. The molecule has 0 unspecified atom stereocenters. The van der Waals surface area contributed by atoms with Gasteiger partial charge in [-0.25, -0.2) is 4.98 Å². The highest BCUT2D eigenvalue weighted by atomic mass is 16.5. The molecule has 1 aliphatic rings. The smallest absolute Gasteiger partial charge is 0.238 e. The molecule has 140 valence electrons. The third-order valence-electron chi connectivity index (χ3n) is 5.15. The highest BCUT2D eigenvalue weighted by Crippen LogP contribution is 2.26. The van der Waals surface area contributed by atoms with Crippen molar-refractivity contribution in [3.8, 4) is 5.75 Å². The Bertz CT molecular complexity index is 929. The van der Waals surface area contributed by atoms with Crippen LogP contribution in [-0.4, -0.2) is 47.1 Å². The molecule has 1 amide bonds. The largest absolute Gasteiger partial charge is 0.497 e. The standard InChI is InChI=1S/C21H24N4O2/c1-27-18-6-4-5-16(13-18)23-21(26)14-24-11-9-17(10-12-24)25-15-22-19-7-2-3-8-20(19)25/h2-8,13,15,17H,9-12,14H2,1H3,(H,23,26). The number of amides is 1. The summed E-state index contributed by atoms with van der Waals surface area (Å²) in [4.78, 5) is 19.1. The van der Waals surface area contributed by atoms with Crippen molar-refractivity contribution in [3.63, 3.8) is 0 Å². The second-order valence-electron chi connectivity index (χ2n) is 6.93. The normalized spacial score (nSPS) is 15.7. The Hall–Kier alpha value is -2.86. The first-order valence-corrected chi connectivity index (χ1v) is 9.31. The number of hydrogen-bond acceptors (Lipinski definition) is 4. The van der Waals surface area contributed by atoms with Crippen LogP contribution in [0.3, 0.4) is 0 Å². The fourth-order valence-corrected chi connectivity index (χ4v) is 3.73. The first kappa shape index (κ1) is 17.5. The molecule has 3 aromatic rings. The molecule has 0 spiro atoms. The number of imidazole rings is 1. The number of likely N-dealkylation sites (tertiary alicyclic amines) is 1. The van der Waals surface area contributed by atoms with Gasteiger partial charge in [-0.2, -0.15) is 0 Å². The number of fused-ring (bicyclic) bond motifs is 1. The quantitative estimate of drug-likeness (QED) is 0.754. The van der Waals surface area contributed by atoms with Crippen molar-refractivity contribution in [1.82, 2.24) is 14.5 Å². The second-order valence-corrected chi connectivity index (χ2v) is 6.93. The number of carbonyl (C=O) groups is 1. The third kappa shape index (κ3) is 3.95. The lowest BCUT2D eigenvalue weighted by atomic mass is 10.0. The number of ether oxygens (including phenoxy) is 1. The van der Waals surface area contributed by atoms with E-state index in [1.807, 2.05) is 42.7 Å². The molecular formula is C21H24N4O2. The summed E-state index contributed by atoms with van der Waals surface area (Å²) in [5.41, 5.74) is 2.99. The maximum atomic E-state index is 12.4. The lowest BCUT2D eigenvalue weighted by Gasteiger charge is -2.32. The number of piperidine rings is 1. The van der Waals surface area contributed by atoms with Crippen LogP contribution in [0.1, 0.15) is 18.9 Å². The highest BCUT2D eigenvalue weighted by molar-refractivity contribution is 5.92. The summed E-state index contributed by atoms with van der Waals surface area (Å²) in [6.07, 6.45) is 3.99. The predicted molar refractivity (Wildman–Crippen MR) is 106 cm³/mol.